The molecule has 0 aromatic heterocycles. The number of nitrogens with zero attached hydrogens (tertiary/aromatic N) is 3. The molecule has 0 saturated carbocycles. The molecule has 1 aliphatic heterocycles. The molecule has 2 aromatic rings. The summed E-state index contributed by atoms with van der Waals surface area (Å²) in [6, 6.07) is 15.1. The second kappa shape index (κ2) is 8.87. The van der Waals surface area contributed by atoms with Gasteiger partial charge in [0.2, 0.25) is 5.91 Å². The van der Waals surface area contributed by atoms with Crippen molar-refractivity contribution in [3.63, 3.8) is 0 Å². The zero-order valence-corrected chi connectivity index (χ0v) is 16.5. The second-order valence-electron chi connectivity index (χ2n) is 7.54. The smallest absolute Gasteiger partial charge is 0.269 e. The third-order valence-corrected chi connectivity index (χ3v) is 5.33. The van der Waals surface area contributed by atoms with Crippen LogP contribution < -0.4 is 4.90 Å². The van der Waals surface area contributed by atoms with Gasteiger partial charge < -0.3 is 9.80 Å². The van der Waals surface area contributed by atoms with Gasteiger partial charge in [0.1, 0.15) is 0 Å². The Morgan fingerprint density at radius 3 is 2.14 bits per heavy atom. The molecule has 0 unspecified atom stereocenters. The number of hydrogen-bond donors (Lipinski definition) is 0. The fraction of sp³-hybridized carbons (Fsp3) is 0.409. The molecule has 1 amide bonds. The molecule has 6 heteroatoms. The van der Waals surface area contributed by atoms with Gasteiger partial charge in [-0.05, 0) is 35.6 Å². The Hall–Kier alpha value is -2.89. The Kier molecular flexibility index (Phi) is 6.29. The van der Waals surface area contributed by atoms with Gasteiger partial charge in [0.25, 0.3) is 5.69 Å². The minimum absolute atomic E-state index is 0.0963. The Bertz CT molecular complexity index is 808. The standard InChI is InChI=1S/C22H27N3O3/c1-17(2)19-6-3-18(4-7-19)5-12-22(26)24-15-13-23(14-16-24)20-8-10-21(11-9-20)25(27)28/h3-4,6-11,17H,5,12-16H2,1-2H3. The maximum atomic E-state index is 12.5. The van der Waals surface area contributed by atoms with Crippen LogP contribution in [0.15, 0.2) is 48.5 Å². The van der Waals surface area contributed by atoms with Crippen LogP contribution in [0.25, 0.3) is 0 Å². The van der Waals surface area contributed by atoms with E-state index in [1.54, 1.807) is 12.1 Å². The van der Waals surface area contributed by atoms with Crippen molar-refractivity contribution in [1.29, 1.82) is 0 Å². The van der Waals surface area contributed by atoms with Crippen molar-refractivity contribution in [3.8, 4) is 0 Å². The molecule has 0 radical (unpaired) electrons. The van der Waals surface area contributed by atoms with Crippen molar-refractivity contribution < 1.29 is 9.72 Å². The highest BCUT2D eigenvalue weighted by atomic mass is 16.6. The van der Waals surface area contributed by atoms with Crippen LogP contribution in [0.2, 0.25) is 0 Å². The van der Waals surface area contributed by atoms with Crippen LogP contribution in [0.5, 0.6) is 0 Å². The number of carbonyl (C=O) groups is 1. The lowest BCUT2D eigenvalue weighted by Gasteiger charge is -2.36. The molecule has 0 atom stereocenters. The average molecular weight is 381 g/mol. The maximum Gasteiger partial charge on any atom is 0.269 e. The van der Waals surface area contributed by atoms with E-state index in [4.69, 9.17) is 0 Å². The lowest BCUT2D eigenvalue weighted by atomic mass is 10.00. The van der Waals surface area contributed by atoms with E-state index in [0.717, 1.165) is 25.2 Å². The summed E-state index contributed by atoms with van der Waals surface area (Å²) in [4.78, 5) is 27.0. The quantitative estimate of drug-likeness (QED) is 0.560. The van der Waals surface area contributed by atoms with E-state index in [1.165, 1.54) is 23.3 Å². The fourth-order valence-corrected chi connectivity index (χ4v) is 3.48. The highest BCUT2D eigenvalue weighted by molar-refractivity contribution is 5.76. The Morgan fingerprint density at radius 1 is 1.00 bits per heavy atom. The Balaban J connectivity index is 1.47. The number of aryl methyl sites for hydroxylation is 1. The summed E-state index contributed by atoms with van der Waals surface area (Å²) in [6.45, 7) is 7.20. The van der Waals surface area contributed by atoms with E-state index < -0.39 is 4.92 Å². The van der Waals surface area contributed by atoms with Gasteiger partial charge >= 0.3 is 0 Å². The molecule has 2 aromatic carbocycles. The number of anilines is 1. The van der Waals surface area contributed by atoms with Crippen LogP contribution >= 0.6 is 0 Å². The number of nitro benzene ring substituents is 1. The number of benzene rings is 2. The van der Waals surface area contributed by atoms with Crippen LogP contribution in [-0.4, -0.2) is 41.9 Å². The van der Waals surface area contributed by atoms with E-state index in [9.17, 15) is 14.9 Å². The number of carbonyl (C=O) groups excluding carboxylic acids is 1. The molecule has 6 nitrogen and oxygen atoms in total. The summed E-state index contributed by atoms with van der Waals surface area (Å²) in [7, 11) is 0. The highest BCUT2D eigenvalue weighted by Crippen LogP contribution is 2.21. The van der Waals surface area contributed by atoms with Crippen LogP contribution in [0.3, 0.4) is 0 Å². The van der Waals surface area contributed by atoms with E-state index in [2.05, 4.69) is 43.0 Å². The van der Waals surface area contributed by atoms with Crippen LogP contribution in [0.1, 0.15) is 37.3 Å². The van der Waals surface area contributed by atoms with Gasteiger partial charge in [-0.3, -0.25) is 14.9 Å². The molecule has 3 rings (SSSR count). The predicted molar refractivity (Wildman–Crippen MR) is 111 cm³/mol. The van der Waals surface area contributed by atoms with E-state index in [1.807, 2.05) is 4.90 Å². The van der Waals surface area contributed by atoms with Gasteiger partial charge in [0.05, 0.1) is 4.92 Å². The summed E-state index contributed by atoms with van der Waals surface area (Å²) in [5.74, 6) is 0.707. The number of piperazine rings is 1. The van der Waals surface area contributed by atoms with Gasteiger partial charge in [0, 0.05) is 50.4 Å². The van der Waals surface area contributed by atoms with Crippen molar-refractivity contribution in [3.05, 3.63) is 69.8 Å². The molecular formula is C22H27N3O3. The SMILES string of the molecule is CC(C)c1ccc(CCC(=O)N2CCN(c3ccc([N+](=O)[O-])cc3)CC2)cc1. The minimum atomic E-state index is -0.392. The number of hydrogen-bond acceptors (Lipinski definition) is 4. The third kappa shape index (κ3) is 4.88. The number of non-ortho nitro benzene ring substituents is 1. The van der Waals surface area contributed by atoms with Crippen molar-refractivity contribution in [2.45, 2.75) is 32.6 Å². The lowest BCUT2D eigenvalue weighted by molar-refractivity contribution is -0.384. The first-order valence-electron chi connectivity index (χ1n) is 9.80. The molecule has 0 N–H and O–H groups in total. The Labute approximate surface area is 165 Å². The molecule has 28 heavy (non-hydrogen) atoms. The van der Waals surface area contributed by atoms with Gasteiger partial charge in [-0.2, -0.15) is 0 Å². The maximum absolute atomic E-state index is 12.5. The molecule has 1 heterocycles. The molecule has 1 aliphatic rings. The fourth-order valence-electron chi connectivity index (χ4n) is 3.48. The molecule has 0 bridgehead atoms. The number of nitro groups is 1. The van der Waals surface area contributed by atoms with E-state index >= 15 is 0 Å². The molecular weight excluding hydrogens is 354 g/mol. The summed E-state index contributed by atoms with van der Waals surface area (Å²) in [5.41, 5.74) is 3.57. The van der Waals surface area contributed by atoms with Gasteiger partial charge in [-0.1, -0.05) is 38.1 Å². The first kappa shape index (κ1) is 19.9. The third-order valence-electron chi connectivity index (χ3n) is 5.33. The monoisotopic (exact) mass is 381 g/mol. The summed E-state index contributed by atoms with van der Waals surface area (Å²) in [6.07, 6.45) is 1.29. The number of amides is 1. The van der Waals surface area contributed by atoms with E-state index in [-0.39, 0.29) is 11.6 Å². The molecule has 1 fully saturated rings. The molecule has 148 valence electrons. The van der Waals surface area contributed by atoms with Crippen LogP contribution in [-0.2, 0) is 11.2 Å². The number of rotatable bonds is 6. The first-order valence-corrected chi connectivity index (χ1v) is 9.80. The van der Waals surface area contributed by atoms with Crippen molar-refractivity contribution >= 4 is 17.3 Å². The highest BCUT2D eigenvalue weighted by Gasteiger charge is 2.21. The predicted octanol–water partition coefficient (Wildman–Crippen LogP) is 4.00. The lowest BCUT2D eigenvalue weighted by Crippen LogP contribution is -2.48. The van der Waals surface area contributed by atoms with Crippen molar-refractivity contribution in [2.75, 3.05) is 31.1 Å². The molecule has 0 aliphatic carbocycles. The van der Waals surface area contributed by atoms with Crippen LogP contribution in [0, 0.1) is 10.1 Å². The van der Waals surface area contributed by atoms with Crippen LogP contribution in [0.4, 0.5) is 11.4 Å². The summed E-state index contributed by atoms with van der Waals surface area (Å²) < 4.78 is 0. The average Bonchev–Trinajstić information content (AvgIpc) is 2.72. The van der Waals surface area contributed by atoms with Gasteiger partial charge in [0.15, 0.2) is 0 Å². The zero-order chi connectivity index (χ0) is 20.1. The second-order valence-corrected chi connectivity index (χ2v) is 7.54. The van der Waals surface area contributed by atoms with Gasteiger partial charge in [-0.25, -0.2) is 0 Å². The normalized spacial score (nSPS) is 14.4. The summed E-state index contributed by atoms with van der Waals surface area (Å²) >= 11 is 0. The largest absolute Gasteiger partial charge is 0.368 e. The summed E-state index contributed by atoms with van der Waals surface area (Å²) in [5, 5.41) is 10.8. The first-order chi connectivity index (χ1) is 13.4. The van der Waals surface area contributed by atoms with Gasteiger partial charge in [-0.15, -0.1) is 0 Å². The van der Waals surface area contributed by atoms with Crippen molar-refractivity contribution in [1.82, 2.24) is 4.90 Å². The molecule has 0 spiro atoms. The minimum Gasteiger partial charge on any atom is -0.368 e. The zero-order valence-electron chi connectivity index (χ0n) is 16.5. The van der Waals surface area contributed by atoms with E-state index in [0.29, 0.717) is 25.4 Å². The molecule has 1 saturated heterocycles. The topological polar surface area (TPSA) is 66.7 Å². The van der Waals surface area contributed by atoms with Crippen molar-refractivity contribution in [2.24, 2.45) is 0 Å². The Morgan fingerprint density at radius 2 is 1.61 bits per heavy atom.